The lowest BCUT2D eigenvalue weighted by Gasteiger charge is -2.22. The zero-order valence-electron chi connectivity index (χ0n) is 12.9. The maximum absolute atomic E-state index is 13.3. The van der Waals surface area contributed by atoms with E-state index in [9.17, 15) is 12.8 Å². The summed E-state index contributed by atoms with van der Waals surface area (Å²) < 4.78 is 41.0. The lowest BCUT2D eigenvalue weighted by atomic mass is 10.3. The molecule has 0 aliphatic carbocycles. The number of rotatable bonds is 4. The predicted molar refractivity (Wildman–Crippen MR) is 94.4 cm³/mol. The number of fused-ring (bicyclic) bond motifs is 1. The van der Waals surface area contributed by atoms with Gasteiger partial charge in [0.15, 0.2) is 0 Å². The molecule has 2 aromatic carbocycles. The van der Waals surface area contributed by atoms with Crippen LogP contribution >= 0.6 is 22.9 Å². The highest BCUT2D eigenvalue weighted by Crippen LogP contribution is 2.32. The Bertz CT molecular complexity index is 971. The molecule has 4 nitrogen and oxygen atoms in total. The molecule has 3 rings (SSSR count). The number of sulfonamides is 1. The van der Waals surface area contributed by atoms with Crippen molar-refractivity contribution < 1.29 is 12.8 Å². The molecular formula is C16H14ClFN2O2S2. The first-order chi connectivity index (χ1) is 11.3. The van der Waals surface area contributed by atoms with Crippen LogP contribution in [0.3, 0.4) is 0 Å². The van der Waals surface area contributed by atoms with E-state index in [2.05, 4.69) is 4.98 Å². The third-order valence-electron chi connectivity index (χ3n) is 3.78. The van der Waals surface area contributed by atoms with E-state index in [1.54, 1.807) is 6.92 Å². The molecule has 0 aliphatic rings. The molecular weight excluding hydrogens is 371 g/mol. The van der Waals surface area contributed by atoms with Crippen LogP contribution in [0.15, 0.2) is 47.4 Å². The van der Waals surface area contributed by atoms with Crippen LogP contribution in [0, 0.1) is 5.82 Å². The quantitative estimate of drug-likeness (QED) is 0.666. The third kappa shape index (κ3) is 3.04. The molecule has 24 heavy (non-hydrogen) atoms. The van der Waals surface area contributed by atoms with Gasteiger partial charge in [0, 0.05) is 7.05 Å². The van der Waals surface area contributed by atoms with Crippen LogP contribution in [0.2, 0.25) is 5.02 Å². The van der Waals surface area contributed by atoms with E-state index in [0.717, 1.165) is 22.3 Å². The third-order valence-corrected chi connectivity index (χ3v) is 7.20. The number of nitrogens with zero attached hydrogens (tertiary/aromatic N) is 2. The Morgan fingerprint density at radius 3 is 2.62 bits per heavy atom. The summed E-state index contributed by atoms with van der Waals surface area (Å²) >= 11 is 7.15. The molecule has 0 saturated carbocycles. The average molecular weight is 385 g/mol. The van der Waals surface area contributed by atoms with Crippen molar-refractivity contribution in [3.63, 3.8) is 0 Å². The number of aromatic nitrogens is 1. The Morgan fingerprint density at radius 2 is 1.96 bits per heavy atom. The van der Waals surface area contributed by atoms with Gasteiger partial charge < -0.3 is 0 Å². The number of para-hydroxylation sites is 1. The first kappa shape index (κ1) is 17.3. The number of benzene rings is 2. The van der Waals surface area contributed by atoms with Gasteiger partial charge in [0.05, 0.1) is 26.2 Å². The minimum Gasteiger partial charge on any atom is -0.239 e. The largest absolute Gasteiger partial charge is 0.243 e. The van der Waals surface area contributed by atoms with Gasteiger partial charge in [0.1, 0.15) is 10.8 Å². The summed E-state index contributed by atoms with van der Waals surface area (Å²) in [4.78, 5) is 4.45. The maximum atomic E-state index is 13.3. The summed E-state index contributed by atoms with van der Waals surface area (Å²) in [5.41, 5.74) is 0.833. The molecule has 126 valence electrons. The van der Waals surface area contributed by atoms with Gasteiger partial charge in [-0.1, -0.05) is 23.7 Å². The fourth-order valence-corrected chi connectivity index (χ4v) is 4.97. The topological polar surface area (TPSA) is 50.3 Å². The minimum absolute atomic E-state index is 0.0515. The fraction of sp³-hybridized carbons (Fsp3) is 0.188. The van der Waals surface area contributed by atoms with Crippen molar-refractivity contribution in [1.29, 1.82) is 0 Å². The first-order valence-electron chi connectivity index (χ1n) is 7.09. The van der Waals surface area contributed by atoms with E-state index in [4.69, 9.17) is 11.6 Å². The van der Waals surface area contributed by atoms with Gasteiger partial charge in [-0.15, -0.1) is 11.3 Å². The van der Waals surface area contributed by atoms with Gasteiger partial charge in [-0.2, -0.15) is 4.31 Å². The molecule has 0 saturated heterocycles. The zero-order chi connectivity index (χ0) is 17.5. The Kier molecular flexibility index (Phi) is 4.61. The van der Waals surface area contributed by atoms with Gasteiger partial charge in [-0.3, -0.25) is 0 Å². The highest BCUT2D eigenvalue weighted by molar-refractivity contribution is 7.89. The van der Waals surface area contributed by atoms with Crippen LogP contribution in [-0.2, 0) is 10.0 Å². The van der Waals surface area contributed by atoms with Crippen LogP contribution in [0.25, 0.3) is 10.2 Å². The second-order valence-corrected chi connectivity index (χ2v) is 8.76. The molecule has 1 aromatic heterocycles. The molecule has 0 unspecified atom stereocenters. The highest BCUT2D eigenvalue weighted by Gasteiger charge is 2.28. The van der Waals surface area contributed by atoms with Crippen molar-refractivity contribution in [2.75, 3.05) is 7.05 Å². The monoisotopic (exact) mass is 384 g/mol. The molecule has 0 aliphatic heterocycles. The Hall–Kier alpha value is -1.54. The number of hydrogen-bond donors (Lipinski definition) is 0. The second kappa shape index (κ2) is 6.40. The van der Waals surface area contributed by atoms with Crippen LogP contribution in [0.1, 0.15) is 18.0 Å². The van der Waals surface area contributed by atoms with Gasteiger partial charge in [0.25, 0.3) is 0 Å². The Balaban J connectivity index is 1.96. The smallest absolute Gasteiger partial charge is 0.239 e. The molecule has 0 spiro atoms. The van der Waals surface area contributed by atoms with Gasteiger partial charge in [-0.05, 0) is 37.3 Å². The van der Waals surface area contributed by atoms with E-state index >= 15 is 0 Å². The number of halogens is 2. The molecule has 3 aromatic rings. The lowest BCUT2D eigenvalue weighted by molar-refractivity contribution is 0.397. The standard InChI is InChI=1S/C16H14ClFN2O2S2/c1-10(16-19-14-5-3-4-6-15(14)23-16)20(2)24(21,22)11-7-8-13(18)12(17)9-11/h3-10H,1-2H3/t10-/m1/s1. The molecule has 0 bridgehead atoms. The van der Waals surface area contributed by atoms with Crippen molar-refractivity contribution in [3.8, 4) is 0 Å². The number of hydrogen-bond acceptors (Lipinski definition) is 4. The molecule has 8 heteroatoms. The molecule has 0 N–H and O–H groups in total. The second-order valence-electron chi connectivity index (χ2n) is 5.29. The first-order valence-corrected chi connectivity index (χ1v) is 9.72. The van der Waals surface area contributed by atoms with Crippen molar-refractivity contribution in [2.45, 2.75) is 17.9 Å². The minimum atomic E-state index is -3.81. The molecule has 1 heterocycles. The SMILES string of the molecule is C[C@H](c1nc2ccccc2s1)N(C)S(=O)(=O)c1ccc(F)c(Cl)c1. The molecule has 0 fully saturated rings. The van der Waals surface area contributed by atoms with E-state index in [0.29, 0.717) is 5.01 Å². The summed E-state index contributed by atoms with van der Waals surface area (Å²) in [6, 6.07) is 10.5. The van der Waals surface area contributed by atoms with Crippen LogP contribution in [-0.4, -0.2) is 24.8 Å². The Morgan fingerprint density at radius 1 is 1.25 bits per heavy atom. The van der Waals surface area contributed by atoms with Crippen LogP contribution in [0.4, 0.5) is 4.39 Å². The Labute approximate surface area is 148 Å². The molecule has 0 radical (unpaired) electrons. The molecule has 1 atom stereocenters. The van der Waals surface area contributed by atoms with E-state index in [1.807, 2.05) is 24.3 Å². The van der Waals surface area contributed by atoms with Crippen molar-refractivity contribution in [3.05, 3.63) is 58.3 Å². The lowest BCUT2D eigenvalue weighted by Crippen LogP contribution is -2.29. The van der Waals surface area contributed by atoms with Gasteiger partial charge in [0.2, 0.25) is 10.0 Å². The van der Waals surface area contributed by atoms with Crippen molar-refractivity contribution in [1.82, 2.24) is 9.29 Å². The fourth-order valence-electron chi connectivity index (χ4n) is 2.24. The highest BCUT2D eigenvalue weighted by atomic mass is 35.5. The number of thiazole rings is 1. The predicted octanol–water partition coefficient (Wildman–Crippen LogP) is 4.47. The van der Waals surface area contributed by atoms with Crippen LogP contribution in [0.5, 0.6) is 0 Å². The summed E-state index contributed by atoms with van der Waals surface area (Å²) in [5.74, 6) is -0.655. The van der Waals surface area contributed by atoms with Crippen LogP contribution < -0.4 is 0 Å². The average Bonchev–Trinajstić information content (AvgIpc) is 2.99. The summed E-state index contributed by atoms with van der Waals surface area (Å²) in [7, 11) is -2.34. The van der Waals surface area contributed by atoms with Gasteiger partial charge in [-0.25, -0.2) is 17.8 Å². The zero-order valence-corrected chi connectivity index (χ0v) is 15.3. The molecule has 0 amide bonds. The van der Waals surface area contributed by atoms with Crippen molar-refractivity contribution in [2.24, 2.45) is 0 Å². The maximum Gasteiger partial charge on any atom is 0.243 e. The summed E-state index contributed by atoms with van der Waals surface area (Å²) in [5, 5.41) is 0.465. The van der Waals surface area contributed by atoms with E-state index in [-0.39, 0.29) is 9.92 Å². The van der Waals surface area contributed by atoms with E-state index in [1.165, 1.54) is 28.8 Å². The summed E-state index contributed by atoms with van der Waals surface area (Å²) in [6.45, 7) is 1.76. The van der Waals surface area contributed by atoms with E-state index < -0.39 is 21.9 Å². The van der Waals surface area contributed by atoms with Crippen molar-refractivity contribution >= 4 is 43.2 Å². The van der Waals surface area contributed by atoms with Gasteiger partial charge >= 0.3 is 0 Å². The normalized spacial score (nSPS) is 13.5. The summed E-state index contributed by atoms with van der Waals surface area (Å²) in [6.07, 6.45) is 0.